The number of unbranched alkanes of at least 4 members (excludes halogenated alkanes) is 20. The maximum atomic E-state index is 12.8. The molecule has 0 aliphatic carbocycles. The molecule has 406 valence electrons. The number of esters is 2. The highest BCUT2D eigenvalue weighted by molar-refractivity contribution is 5.70. The minimum atomic E-state index is -1.63. The van der Waals surface area contributed by atoms with Gasteiger partial charge in [0.2, 0.25) is 0 Å². The molecule has 0 heterocycles. The molecule has 2 unspecified atom stereocenters. The maximum Gasteiger partial charge on any atom is 0.306 e. The number of carboxylic acids is 1. The van der Waals surface area contributed by atoms with E-state index in [1.807, 2.05) is 21.1 Å². The fourth-order valence-corrected chi connectivity index (χ4v) is 7.52. The van der Waals surface area contributed by atoms with Crippen LogP contribution in [-0.2, 0) is 33.3 Å². The molecule has 0 saturated carbocycles. The summed E-state index contributed by atoms with van der Waals surface area (Å²) >= 11 is 0. The monoisotopic (exact) mass is 992 g/mol. The molecule has 0 spiro atoms. The first-order chi connectivity index (χ1) is 34.6. The third kappa shape index (κ3) is 53.8. The quantitative estimate of drug-likeness (QED) is 0.0195. The van der Waals surface area contributed by atoms with Crippen molar-refractivity contribution in [3.8, 4) is 0 Å². The molecule has 0 N–H and O–H groups in total. The van der Waals surface area contributed by atoms with Crippen molar-refractivity contribution < 1.29 is 42.9 Å². The number of hydrogen-bond acceptors (Lipinski definition) is 8. The van der Waals surface area contributed by atoms with E-state index >= 15 is 0 Å². The minimum Gasteiger partial charge on any atom is -0.545 e. The van der Waals surface area contributed by atoms with Crippen molar-refractivity contribution in [3.63, 3.8) is 0 Å². The number of aliphatic carboxylic acids is 1. The number of nitrogens with zero attached hydrogens (tertiary/aromatic N) is 1. The lowest BCUT2D eigenvalue weighted by Crippen LogP contribution is -2.44. The van der Waals surface area contributed by atoms with Gasteiger partial charge in [-0.25, -0.2) is 0 Å². The third-order valence-electron chi connectivity index (χ3n) is 11.8. The van der Waals surface area contributed by atoms with Crippen LogP contribution in [0.2, 0.25) is 0 Å². The summed E-state index contributed by atoms with van der Waals surface area (Å²) in [5, 5.41) is 11.8. The number of carbonyl (C=O) groups is 3. The Balaban J connectivity index is 4.18. The highest BCUT2D eigenvalue weighted by Gasteiger charge is 2.22. The van der Waals surface area contributed by atoms with Gasteiger partial charge in [-0.2, -0.15) is 0 Å². The molecule has 0 bridgehead atoms. The molecular formula is C62H105NO8. The Morgan fingerprint density at radius 3 is 1.15 bits per heavy atom. The number of hydrogen-bond donors (Lipinski definition) is 0. The summed E-state index contributed by atoms with van der Waals surface area (Å²) in [4.78, 5) is 37.2. The molecule has 2 atom stereocenters. The van der Waals surface area contributed by atoms with E-state index < -0.39 is 30.3 Å². The predicted molar refractivity (Wildman–Crippen MR) is 297 cm³/mol. The van der Waals surface area contributed by atoms with Crippen LogP contribution in [0.3, 0.4) is 0 Å². The van der Waals surface area contributed by atoms with Crippen LogP contribution in [-0.4, -0.2) is 82.3 Å². The Morgan fingerprint density at radius 1 is 0.423 bits per heavy atom. The summed E-state index contributed by atoms with van der Waals surface area (Å²) in [6.45, 7) is 4.47. The van der Waals surface area contributed by atoms with Gasteiger partial charge >= 0.3 is 11.9 Å². The number of carboxylic acid groups (broad SMARTS) is 1. The van der Waals surface area contributed by atoms with Crippen LogP contribution < -0.4 is 5.11 Å². The minimum absolute atomic E-state index is 0.138. The van der Waals surface area contributed by atoms with Crippen molar-refractivity contribution in [2.45, 2.75) is 232 Å². The molecule has 9 heteroatoms. The van der Waals surface area contributed by atoms with Gasteiger partial charge in [-0.05, 0) is 89.9 Å². The fourth-order valence-electron chi connectivity index (χ4n) is 7.52. The van der Waals surface area contributed by atoms with Crippen molar-refractivity contribution in [1.29, 1.82) is 0 Å². The molecular weight excluding hydrogens is 887 g/mol. The van der Waals surface area contributed by atoms with E-state index in [0.717, 1.165) is 83.5 Å². The van der Waals surface area contributed by atoms with Crippen molar-refractivity contribution in [2.75, 3.05) is 47.5 Å². The van der Waals surface area contributed by atoms with Gasteiger partial charge in [-0.1, -0.05) is 214 Å². The van der Waals surface area contributed by atoms with Gasteiger partial charge < -0.3 is 33.3 Å². The van der Waals surface area contributed by atoms with E-state index in [1.54, 1.807) is 0 Å². The van der Waals surface area contributed by atoms with Gasteiger partial charge in [0.15, 0.2) is 12.4 Å². The predicted octanol–water partition coefficient (Wildman–Crippen LogP) is 15.2. The highest BCUT2D eigenvalue weighted by Crippen LogP contribution is 2.16. The van der Waals surface area contributed by atoms with Crippen LogP contribution in [0.1, 0.15) is 219 Å². The third-order valence-corrected chi connectivity index (χ3v) is 11.8. The first kappa shape index (κ1) is 67.2. The Hall–Kier alpha value is -3.79. The lowest BCUT2D eigenvalue weighted by molar-refractivity contribution is -0.870. The van der Waals surface area contributed by atoms with Gasteiger partial charge in [0.05, 0.1) is 40.3 Å². The molecule has 0 aliphatic heterocycles. The van der Waals surface area contributed by atoms with Crippen molar-refractivity contribution in [3.05, 3.63) is 97.2 Å². The summed E-state index contributed by atoms with van der Waals surface area (Å²) in [6, 6.07) is 0. The molecule has 0 aromatic carbocycles. The van der Waals surface area contributed by atoms with Crippen molar-refractivity contribution in [2.24, 2.45) is 0 Å². The second kappa shape index (κ2) is 52.5. The molecule has 0 fully saturated rings. The van der Waals surface area contributed by atoms with Crippen LogP contribution in [0.5, 0.6) is 0 Å². The number of ether oxygens (including phenoxy) is 4. The normalized spacial score (nSPS) is 13.5. The number of quaternary nitrogens is 1. The molecule has 0 rings (SSSR count). The van der Waals surface area contributed by atoms with Gasteiger partial charge in [-0.15, -0.1) is 0 Å². The summed E-state index contributed by atoms with van der Waals surface area (Å²) in [7, 11) is 5.90. The lowest BCUT2D eigenvalue weighted by atomic mass is 10.0. The van der Waals surface area contributed by atoms with Crippen LogP contribution in [0, 0.1) is 0 Å². The summed E-state index contributed by atoms with van der Waals surface area (Å²) in [5.41, 5.74) is 0. The summed E-state index contributed by atoms with van der Waals surface area (Å²) in [5.74, 6) is -2.34. The average Bonchev–Trinajstić information content (AvgIpc) is 3.34. The zero-order chi connectivity index (χ0) is 52.0. The van der Waals surface area contributed by atoms with Gasteiger partial charge in [-0.3, -0.25) is 9.59 Å². The van der Waals surface area contributed by atoms with E-state index in [4.69, 9.17) is 18.9 Å². The van der Waals surface area contributed by atoms with Crippen molar-refractivity contribution in [1.82, 2.24) is 0 Å². The van der Waals surface area contributed by atoms with E-state index in [2.05, 4.69) is 111 Å². The maximum absolute atomic E-state index is 12.8. The Labute approximate surface area is 435 Å². The van der Waals surface area contributed by atoms with Crippen LogP contribution in [0.4, 0.5) is 0 Å². The molecule has 0 radical (unpaired) electrons. The van der Waals surface area contributed by atoms with E-state index in [9.17, 15) is 19.5 Å². The molecule has 0 aliphatic rings. The summed E-state index contributed by atoms with van der Waals surface area (Å²) in [6.07, 6.45) is 67.6. The molecule has 0 aromatic heterocycles. The van der Waals surface area contributed by atoms with Crippen molar-refractivity contribution >= 4 is 17.9 Å². The molecule has 0 aromatic rings. The molecule has 0 saturated heterocycles. The number of carbonyl (C=O) groups excluding carboxylic acids is 3. The number of rotatable bonds is 51. The topological polar surface area (TPSA) is 111 Å². The van der Waals surface area contributed by atoms with Gasteiger partial charge in [0.1, 0.15) is 13.2 Å². The zero-order valence-corrected chi connectivity index (χ0v) is 46.1. The zero-order valence-electron chi connectivity index (χ0n) is 46.1. The fraction of sp³-hybridized carbons (Fsp3) is 0.694. The van der Waals surface area contributed by atoms with E-state index in [1.165, 1.54) is 96.3 Å². The molecule has 9 nitrogen and oxygen atoms in total. The Morgan fingerprint density at radius 2 is 0.761 bits per heavy atom. The summed E-state index contributed by atoms with van der Waals surface area (Å²) < 4.78 is 22.6. The first-order valence-corrected chi connectivity index (χ1v) is 28.4. The smallest absolute Gasteiger partial charge is 0.306 e. The average molecular weight is 993 g/mol. The lowest BCUT2D eigenvalue weighted by Gasteiger charge is -2.26. The SMILES string of the molecule is CC/C=C\C/C=C\C/C=C\C/C=C\CCCCCCCCCCCCCCCCCCCCC(=O)OC(COC(=O)CCCC/C=C\C/C=C\C/C=C\C/C=C\CC)COC(OCC[N+](C)(C)C)C(=O)[O-]. The van der Waals surface area contributed by atoms with Crippen LogP contribution in [0.15, 0.2) is 97.2 Å². The van der Waals surface area contributed by atoms with E-state index in [-0.39, 0.29) is 32.7 Å². The number of allylic oxidation sites excluding steroid dienone is 16. The standard InChI is InChI=1S/C62H105NO8/c1-6-8-10-12-14-16-18-20-22-23-24-25-26-27-28-29-30-31-32-33-34-35-36-37-39-41-43-45-47-49-51-53-60(65)71-58(57-70-62(61(66)67)68-55-54-63(3,4)5)56-69-59(64)52-50-48-46-44-42-40-38-21-19-17-15-13-11-9-7-2/h8-11,14-17,20-22,24-25,38,42,44,58,62H,6-7,12-13,18-19,23,26-37,39-41,43,45-57H2,1-5H3/b10-8-,11-9-,16-14-,17-15-,22-20-,25-24-,38-21-,44-42-. The second-order valence-corrected chi connectivity index (χ2v) is 19.8. The van der Waals surface area contributed by atoms with Crippen LogP contribution in [0.25, 0.3) is 0 Å². The second-order valence-electron chi connectivity index (χ2n) is 19.8. The Bertz CT molecular complexity index is 1480. The van der Waals surface area contributed by atoms with E-state index in [0.29, 0.717) is 23.9 Å². The first-order valence-electron chi connectivity index (χ1n) is 28.4. The highest BCUT2D eigenvalue weighted by atomic mass is 16.7. The Kier molecular flexibility index (Phi) is 49.7. The largest absolute Gasteiger partial charge is 0.545 e. The molecule has 0 amide bonds. The van der Waals surface area contributed by atoms with Crippen LogP contribution >= 0.6 is 0 Å². The molecule has 71 heavy (non-hydrogen) atoms. The number of likely N-dealkylation sites (N-methyl/N-ethyl adjacent to an activating group) is 1. The van der Waals surface area contributed by atoms with Gasteiger partial charge in [0, 0.05) is 12.8 Å². The van der Waals surface area contributed by atoms with Gasteiger partial charge in [0.25, 0.3) is 0 Å².